The standard InChI is InChI=1S/C16H14BrNO4/c17-12-4-1-10(2-5-12)8-15(20)18-13-7-11(9-16(21)22)3-6-14(13)19/h1-7,19H,8-9H2,(H,18,20)(H,21,22). The molecule has 1 amide bonds. The van der Waals surface area contributed by atoms with E-state index in [2.05, 4.69) is 21.2 Å². The second-order valence-electron chi connectivity index (χ2n) is 4.77. The Morgan fingerprint density at radius 3 is 2.27 bits per heavy atom. The number of carboxylic acids is 1. The van der Waals surface area contributed by atoms with Gasteiger partial charge in [-0.1, -0.05) is 34.1 Å². The van der Waals surface area contributed by atoms with Gasteiger partial charge in [0, 0.05) is 4.47 Å². The molecule has 2 rings (SSSR count). The number of hydrogen-bond donors (Lipinski definition) is 3. The van der Waals surface area contributed by atoms with E-state index >= 15 is 0 Å². The quantitative estimate of drug-likeness (QED) is 0.712. The lowest BCUT2D eigenvalue weighted by atomic mass is 10.1. The summed E-state index contributed by atoms with van der Waals surface area (Å²) in [6.07, 6.45) is -0.00819. The lowest BCUT2D eigenvalue weighted by molar-refractivity contribution is -0.136. The van der Waals surface area contributed by atoms with Crippen LogP contribution < -0.4 is 5.32 Å². The van der Waals surface area contributed by atoms with E-state index in [0.717, 1.165) is 10.0 Å². The fourth-order valence-electron chi connectivity index (χ4n) is 1.95. The molecule has 3 N–H and O–H groups in total. The van der Waals surface area contributed by atoms with Gasteiger partial charge in [-0.05, 0) is 35.4 Å². The van der Waals surface area contributed by atoms with Gasteiger partial charge in [0.25, 0.3) is 0 Å². The molecule has 0 aliphatic heterocycles. The number of benzene rings is 2. The van der Waals surface area contributed by atoms with Gasteiger partial charge in [0.1, 0.15) is 5.75 Å². The van der Waals surface area contributed by atoms with Crippen LogP contribution in [0, 0.1) is 0 Å². The monoisotopic (exact) mass is 363 g/mol. The maximum atomic E-state index is 12.0. The van der Waals surface area contributed by atoms with Gasteiger partial charge in [-0.15, -0.1) is 0 Å². The maximum absolute atomic E-state index is 12.0. The third kappa shape index (κ3) is 4.60. The third-order valence-electron chi connectivity index (χ3n) is 2.97. The molecule has 6 heteroatoms. The predicted molar refractivity (Wildman–Crippen MR) is 85.9 cm³/mol. The first kappa shape index (κ1) is 16.0. The van der Waals surface area contributed by atoms with Gasteiger partial charge in [0.2, 0.25) is 5.91 Å². The molecule has 0 aliphatic carbocycles. The summed E-state index contributed by atoms with van der Waals surface area (Å²) < 4.78 is 0.927. The second kappa shape index (κ2) is 7.09. The van der Waals surface area contributed by atoms with Crippen LogP contribution in [0.15, 0.2) is 46.9 Å². The van der Waals surface area contributed by atoms with Gasteiger partial charge in [0.05, 0.1) is 18.5 Å². The number of nitrogens with one attached hydrogen (secondary N) is 1. The summed E-state index contributed by atoms with van der Waals surface area (Å²) in [4.78, 5) is 22.7. The topological polar surface area (TPSA) is 86.6 Å². The zero-order valence-electron chi connectivity index (χ0n) is 11.5. The average molecular weight is 364 g/mol. The van der Waals surface area contributed by atoms with Gasteiger partial charge in [0.15, 0.2) is 0 Å². The minimum absolute atomic E-state index is 0.0988. The molecule has 0 heterocycles. The van der Waals surface area contributed by atoms with Crippen molar-refractivity contribution in [2.24, 2.45) is 0 Å². The molecule has 0 fully saturated rings. The first-order valence-corrected chi connectivity index (χ1v) is 7.31. The number of halogens is 1. The van der Waals surface area contributed by atoms with Crippen molar-refractivity contribution in [2.75, 3.05) is 5.32 Å². The van der Waals surface area contributed by atoms with Crippen LogP contribution in [0.2, 0.25) is 0 Å². The van der Waals surface area contributed by atoms with Crippen molar-refractivity contribution in [1.29, 1.82) is 0 Å². The first-order valence-electron chi connectivity index (χ1n) is 6.52. The van der Waals surface area contributed by atoms with Crippen LogP contribution in [0.4, 0.5) is 5.69 Å². The zero-order valence-corrected chi connectivity index (χ0v) is 13.1. The Balaban J connectivity index is 2.07. The molecule has 5 nitrogen and oxygen atoms in total. The van der Waals surface area contributed by atoms with Crippen LogP contribution in [0.5, 0.6) is 5.75 Å². The molecule has 0 spiro atoms. The summed E-state index contributed by atoms with van der Waals surface area (Å²) in [6.45, 7) is 0. The zero-order chi connectivity index (χ0) is 16.1. The predicted octanol–water partition coefficient (Wildman–Crippen LogP) is 2.96. The summed E-state index contributed by atoms with van der Waals surface area (Å²) in [5.41, 5.74) is 1.55. The van der Waals surface area contributed by atoms with Crippen LogP contribution in [0.3, 0.4) is 0 Å². The summed E-state index contributed by atoms with van der Waals surface area (Å²) in [7, 11) is 0. The van der Waals surface area contributed by atoms with Crippen LogP contribution in [0.1, 0.15) is 11.1 Å². The van der Waals surface area contributed by atoms with Gasteiger partial charge in [-0.2, -0.15) is 0 Å². The van der Waals surface area contributed by atoms with Gasteiger partial charge in [-0.25, -0.2) is 0 Å². The van der Waals surface area contributed by atoms with Crippen LogP contribution in [0.25, 0.3) is 0 Å². The number of aliphatic carboxylic acids is 1. The van der Waals surface area contributed by atoms with E-state index in [0.29, 0.717) is 5.56 Å². The van der Waals surface area contributed by atoms with E-state index in [4.69, 9.17) is 5.11 Å². The molecule has 0 saturated carbocycles. The fraction of sp³-hybridized carbons (Fsp3) is 0.125. The van der Waals surface area contributed by atoms with Crippen LogP contribution in [-0.2, 0) is 22.4 Å². The minimum Gasteiger partial charge on any atom is -0.506 e. The summed E-state index contributed by atoms with van der Waals surface area (Å²) in [6, 6.07) is 11.7. The average Bonchev–Trinajstić information content (AvgIpc) is 2.44. The molecule has 0 bridgehead atoms. The van der Waals surface area contributed by atoms with Crippen molar-refractivity contribution in [1.82, 2.24) is 0 Å². The van der Waals surface area contributed by atoms with E-state index in [1.165, 1.54) is 18.2 Å². The number of phenols is 1. The minimum atomic E-state index is -0.974. The largest absolute Gasteiger partial charge is 0.506 e. The lowest BCUT2D eigenvalue weighted by Gasteiger charge is -2.09. The summed E-state index contributed by atoms with van der Waals surface area (Å²) in [5.74, 6) is -1.36. The van der Waals surface area contributed by atoms with E-state index in [-0.39, 0.29) is 30.2 Å². The van der Waals surface area contributed by atoms with Crippen molar-refractivity contribution in [2.45, 2.75) is 12.8 Å². The van der Waals surface area contributed by atoms with E-state index < -0.39 is 5.97 Å². The first-order chi connectivity index (χ1) is 10.4. The van der Waals surface area contributed by atoms with E-state index in [1.807, 2.05) is 24.3 Å². The lowest BCUT2D eigenvalue weighted by Crippen LogP contribution is -2.14. The SMILES string of the molecule is O=C(O)Cc1ccc(O)c(NC(=O)Cc2ccc(Br)cc2)c1. The molecule has 0 atom stereocenters. The molecule has 0 saturated heterocycles. The fourth-order valence-corrected chi connectivity index (χ4v) is 2.21. The van der Waals surface area contributed by atoms with Crippen molar-refractivity contribution >= 4 is 33.5 Å². The van der Waals surface area contributed by atoms with Gasteiger partial charge >= 0.3 is 5.97 Å². The Morgan fingerprint density at radius 2 is 1.64 bits per heavy atom. The summed E-state index contributed by atoms with van der Waals surface area (Å²) >= 11 is 3.32. The Morgan fingerprint density at radius 1 is 1.00 bits per heavy atom. The molecule has 0 aliphatic rings. The second-order valence-corrected chi connectivity index (χ2v) is 5.69. The number of anilines is 1. The van der Waals surface area contributed by atoms with Crippen molar-refractivity contribution in [3.63, 3.8) is 0 Å². The Hall–Kier alpha value is -2.34. The highest BCUT2D eigenvalue weighted by molar-refractivity contribution is 9.10. The highest BCUT2D eigenvalue weighted by Crippen LogP contribution is 2.24. The number of carbonyl (C=O) groups is 2. The molecule has 2 aromatic rings. The number of phenolic OH excluding ortho intramolecular Hbond substituents is 1. The number of rotatable bonds is 5. The molecule has 0 radical (unpaired) electrons. The molecule has 22 heavy (non-hydrogen) atoms. The molecular formula is C16H14BrNO4. The number of amides is 1. The molecular weight excluding hydrogens is 350 g/mol. The van der Waals surface area contributed by atoms with Gasteiger partial charge in [-0.3, -0.25) is 9.59 Å². The number of hydrogen-bond acceptors (Lipinski definition) is 3. The smallest absolute Gasteiger partial charge is 0.307 e. The number of carbonyl (C=O) groups excluding carboxylic acids is 1. The Labute approximate surface area is 135 Å². The van der Waals surface area contributed by atoms with E-state index in [9.17, 15) is 14.7 Å². The number of carboxylic acid groups (broad SMARTS) is 1. The highest BCUT2D eigenvalue weighted by Gasteiger charge is 2.10. The van der Waals surface area contributed by atoms with Crippen molar-refractivity contribution in [3.05, 3.63) is 58.1 Å². The highest BCUT2D eigenvalue weighted by atomic mass is 79.9. The van der Waals surface area contributed by atoms with Crippen molar-refractivity contribution in [3.8, 4) is 5.75 Å². The Kier molecular flexibility index (Phi) is 5.16. The van der Waals surface area contributed by atoms with Crippen LogP contribution in [-0.4, -0.2) is 22.1 Å². The summed E-state index contributed by atoms with van der Waals surface area (Å²) in [5, 5.41) is 21.1. The normalized spacial score (nSPS) is 10.2. The van der Waals surface area contributed by atoms with Crippen molar-refractivity contribution < 1.29 is 19.8 Å². The molecule has 0 aromatic heterocycles. The molecule has 0 unspecified atom stereocenters. The third-order valence-corrected chi connectivity index (χ3v) is 3.50. The number of aromatic hydroxyl groups is 1. The van der Waals surface area contributed by atoms with Gasteiger partial charge < -0.3 is 15.5 Å². The molecule has 114 valence electrons. The molecule has 2 aromatic carbocycles. The maximum Gasteiger partial charge on any atom is 0.307 e. The van der Waals surface area contributed by atoms with E-state index in [1.54, 1.807) is 0 Å². The Bertz CT molecular complexity index is 698. The van der Waals surface area contributed by atoms with Crippen LogP contribution >= 0.6 is 15.9 Å².